The van der Waals surface area contributed by atoms with E-state index in [4.69, 9.17) is 30.5 Å². The van der Waals surface area contributed by atoms with Crippen LogP contribution in [0.5, 0.6) is 0 Å². The van der Waals surface area contributed by atoms with Gasteiger partial charge in [-0.2, -0.15) is 0 Å². The Hall–Kier alpha value is -1.92. The van der Waals surface area contributed by atoms with Crippen LogP contribution < -0.4 is 5.73 Å². The van der Waals surface area contributed by atoms with Crippen molar-refractivity contribution in [3.63, 3.8) is 0 Å². The molecule has 0 bridgehead atoms. The van der Waals surface area contributed by atoms with Crippen LogP contribution in [0.25, 0.3) is 0 Å². The molecule has 0 aliphatic carbocycles. The molecule has 0 aromatic rings. The van der Waals surface area contributed by atoms with E-state index in [0.717, 1.165) is 77.0 Å². The monoisotopic (exact) mass is 806 g/mol. The number of ether oxygens (including phenoxy) is 1. The molecule has 0 heterocycles. The van der Waals surface area contributed by atoms with Crippen molar-refractivity contribution in [1.82, 2.24) is 0 Å². The number of esters is 1. The van der Waals surface area contributed by atoms with Crippen molar-refractivity contribution in [2.45, 2.75) is 212 Å². The van der Waals surface area contributed by atoms with Crippen LogP contribution in [0.3, 0.4) is 0 Å². The maximum atomic E-state index is 12.9. The van der Waals surface area contributed by atoms with Crippen molar-refractivity contribution in [2.24, 2.45) is 5.73 Å². The van der Waals surface area contributed by atoms with Crippen LogP contribution in [0, 0.1) is 0 Å². The highest BCUT2D eigenvalue weighted by atomic mass is 31.2. The van der Waals surface area contributed by atoms with Crippen LogP contribution in [0.1, 0.15) is 194 Å². The van der Waals surface area contributed by atoms with Gasteiger partial charge in [0, 0.05) is 12.8 Å². The standard InChI is InChI=1S/C39H73O8P.C3H7NO3/c1-3-5-7-9-11-13-15-17-19-21-23-25-27-29-31-33-36(40)39(37(41)35-46-48(43,44)45)47-38(42)34-32-30-28-26-24-22-20-18-16-14-12-10-8-6-4-2;4-2(1-5)3(6)7/h17-20,37,39,41H,3-16,21-35H2,1-2H3,(H2,43,44,45);2,5H,1,4H2,(H,6,7)/b19-17-,20-18-;. The summed E-state index contributed by atoms with van der Waals surface area (Å²) in [5, 5.41) is 26.3. The number of aliphatic carboxylic acids is 1. The Bertz CT molecular complexity index is 1020. The zero-order chi connectivity index (χ0) is 41.4. The summed E-state index contributed by atoms with van der Waals surface area (Å²) in [4.78, 5) is 53.1. The molecule has 0 aliphatic rings. The molecule has 0 rings (SSSR count). The molecule has 55 heavy (non-hydrogen) atoms. The van der Waals surface area contributed by atoms with Gasteiger partial charge >= 0.3 is 19.8 Å². The zero-order valence-corrected chi connectivity index (χ0v) is 35.4. The molecule has 13 heteroatoms. The fraction of sp³-hybridized carbons (Fsp3) is 0.833. The number of carbonyl (C=O) groups excluding carboxylic acids is 2. The third-order valence-corrected chi connectivity index (χ3v) is 9.67. The van der Waals surface area contributed by atoms with Gasteiger partial charge in [0.2, 0.25) is 0 Å². The van der Waals surface area contributed by atoms with E-state index in [1.807, 2.05) is 0 Å². The van der Waals surface area contributed by atoms with Crippen molar-refractivity contribution in [3.05, 3.63) is 24.3 Å². The van der Waals surface area contributed by atoms with Gasteiger partial charge in [-0.1, -0.05) is 141 Å². The Kier molecular flexibility index (Phi) is 40.4. The molecule has 0 radical (unpaired) electrons. The number of aliphatic hydroxyl groups excluding tert-OH is 2. The molecule has 0 saturated heterocycles. The zero-order valence-electron chi connectivity index (χ0n) is 34.5. The number of ketones is 1. The summed E-state index contributed by atoms with van der Waals surface area (Å²) in [5.41, 5.74) is 4.77. The van der Waals surface area contributed by atoms with Gasteiger partial charge in [0.15, 0.2) is 11.9 Å². The normalized spacial score (nSPS) is 13.4. The second-order valence-corrected chi connectivity index (χ2v) is 15.8. The van der Waals surface area contributed by atoms with Gasteiger partial charge in [-0.25, -0.2) is 4.57 Å². The van der Waals surface area contributed by atoms with Gasteiger partial charge in [0.1, 0.15) is 12.1 Å². The number of Topliss-reactive ketones (excluding diaryl/α,β-unsaturated/α-hetero) is 1. The van der Waals surface area contributed by atoms with Crippen LogP contribution in [-0.2, 0) is 28.2 Å². The van der Waals surface area contributed by atoms with Crippen LogP contribution in [0.2, 0.25) is 0 Å². The number of hydrogen-bond donors (Lipinski definition) is 6. The Labute approximate surface area is 333 Å². The summed E-state index contributed by atoms with van der Waals surface area (Å²) in [6.07, 6.45) is 35.8. The predicted molar refractivity (Wildman–Crippen MR) is 220 cm³/mol. The second kappa shape index (κ2) is 40.3. The Morgan fingerprint density at radius 2 is 0.982 bits per heavy atom. The smallest absolute Gasteiger partial charge is 0.469 e. The number of rotatable bonds is 38. The number of carbonyl (C=O) groups is 3. The molecular formula is C42H80NO11P. The lowest BCUT2D eigenvalue weighted by molar-refractivity contribution is -0.163. The topological polar surface area (TPSA) is 214 Å². The first-order valence-electron chi connectivity index (χ1n) is 21.4. The number of nitrogens with two attached hydrogens (primary N) is 1. The fourth-order valence-electron chi connectivity index (χ4n) is 5.75. The highest BCUT2D eigenvalue weighted by molar-refractivity contribution is 7.46. The number of aliphatic hydroxyl groups is 2. The molecule has 0 spiro atoms. The number of phosphoric ester groups is 1. The number of carboxylic acids is 1. The van der Waals surface area contributed by atoms with Gasteiger partial charge in [-0.3, -0.25) is 18.9 Å². The van der Waals surface area contributed by atoms with E-state index in [1.54, 1.807) is 0 Å². The molecular weight excluding hydrogens is 725 g/mol. The third kappa shape index (κ3) is 41.5. The second-order valence-electron chi connectivity index (χ2n) is 14.5. The highest BCUT2D eigenvalue weighted by Gasteiger charge is 2.32. The predicted octanol–water partition coefficient (Wildman–Crippen LogP) is 9.40. The van der Waals surface area contributed by atoms with Gasteiger partial charge in [-0.05, 0) is 64.2 Å². The summed E-state index contributed by atoms with van der Waals surface area (Å²) >= 11 is 0. The average Bonchev–Trinajstić information content (AvgIpc) is 3.15. The van der Waals surface area contributed by atoms with E-state index in [2.05, 4.69) is 42.7 Å². The molecule has 0 amide bonds. The van der Waals surface area contributed by atoms with E-state index < -0.39 is 57.0 Å². The fourth-order valence-corrected chi connectivity index (χ4v) is 6.10. The minimum absolute atomic E-state index is 0.122. The first-order chi connectivity index (χ1) is 26.4. The maximum absolute atomic E-state index is 12.9. The minimum Gasteiger partial charge on any atom is -0.480 e. The van der Waals surface area contributed by atoms with Crippen molar-refractivity contribution in [1.29, 1.82) is 0 Å². The van der Waals surface area contributed by atoms with E-state index in [1.165, 1.54) is 77.0 Å². The van der Waals surface area contributed by atoms with Gasteiger partial charge < -0.3 is 35.6 Å². The molecule has 3 atom stereocenters. The highest BCUT2D eigenvalue weighted by Crippen LogP contribution is 2.36. The molecule has 3 unspecified atom stereocenters. The van der Waals surface area contributed by atoms with Crippen molar-refractivity contribution >= 4 is 25.5 Å². The SMILES string of the molecule is CCCCCCCC/C=C\CCCCCCCC(=O)OC(C(=O)CCCCCCC/C=C\CCCCCCCC)C(O)COP(=O)(O)O.NC(CO)C(=O)O. The summed E-state index contributed by atoms with van der Waals surface area (Å²) in [6, 6.07) is -1.13. The van der Waals surface area contributed by atoms with Gasteiger partial charge in [-0.15, -0.1) is 0 Å². The molecule has 12 nitrogen and oxygen atoms in total. The quantitative estimate of drug-likeness (QED) is 0.0149. The summed E-state index contributed by atoms with van der Waals surface area (Å²) in [6.45, 7) is 3.17. The van der Waals surface area contributed by atoms with E-state index >= 15 is 0 Å². The van der Waals surface area contributed by atoms with Crippen LogP contribution in [-0.4, -0.2) is 74.3 Å². The molecule has 0 saturated carbocycles. The third-order valence-electron chi connectivity index (χ3n) is 9.18. The molecule has 7 N–H and O–H groups in total. The number of allylic oxidation sites excluding steroid dienone is 4. The van der Waals surface area contributed by atoms with Crippen LogP contribution in [0.4, 0.5) is 0 Å². The van der Waals surface area contributed by atoms with Gasteiger partial charge in [0.05, 0.1) is 13.2 Å². The molecule has 0 aliphatic heterocycles. The summed E-state index contributed by atoms with van der Waals surface area (Å²) < 4.78 is 20.8. The number of phosphoric acid groups is 1. The number of hydrogen-bond acceptors (Lipinski definition) is 9. The summed E-state index contributed by atoms with van der Waals surface area (Å²) in [7, 11) is -4.84. The Morgan fingerprint density at radius 3 is 1.33 bits per heavy atom. The first-order valence-corrected chi connectivity index (χ1v) is 22.9. The Morgan fingerprint density at radius 1 is 0.618 bits per heavy atom. The summed E-state index contributed by atoms with van der Waals surface area (Å²) in [5.74, 6) is -2.22. The van der Waals surface area contributed by atoms with Crippen molar-refractivity contribution < 1.29 is 53.3 Å². The van der Waals surface area contributed by atoms with Crippen molar-refractivity contribution in [2.75, 3.05) is 13.2 Å². The van der Waals surface area contributed by atoms with E-state index in [-0.39, 0.29) is 12.8 Å². The first kappa shape index (κ1) is 55.2. The largest absolute Gasteiger partial charge is 0.480 e. The van der Waals surface area contributed by atoms with E-state index in [9.17, 15) is 24.1 Å². The molecule has 0 fully saturated rings. The molecule has 324 valence electrons. The Balaban J connectivity index is 0. The number of carboxylic acid groups (broad SMARTS) is 1. The van der Waals surface area contributed by atoms with Gasteiger partial charge in [0.25, 0.3) is 0 Å². The molecule has 0 aromatic carbocycles. The maximum Gasteiger partial charge on any atom is 0.469 e. The van der Waals surface area contributed by atoms with Crippen molar-refractivity contribution in [3.8, 4) is 0 Å². The van der Waals surface area contributed by atoms with E-state index in [0.29, 0.717) is 12.8 Å². The average molecular weight is 806 g/mol. The lowest BCUT2D eigenvalue weighted by Crippen LogP contribution is -2.40. The number of unbranched alkanes of at least 4 members (excludes halogenated alkanes) is 22. The van der Waals surface area contributed by atoms with Crippen LogP contribution in [0.15, 0.2) is 24.3 Å². The molecule has 0 aromatic heterocycles. The van der Waals surface area contributed by atoms with Crippen LogP contribution >= 0.6 is 7.82 Å². The minimum atomic E-state index is -4.84. The lowest BCUT2D eigenvalue weighted by Gasteiger charge is -2.22. The lowest BCUT2D eigenvalue weighted by atomic mass is 10.0.